The Balaban J connectivity index is 4.22. The van der Waals surface area contributed by atoms with Gasteiger partial charge in [0.25, 0.3) is 0 Å². The number of rotatable bonds is 53. The van der Waals surface area contributed by atoms with Crippen LogP contribution in [0, 0.1) is 0 Å². The van der Waals surface area contributed by atoms with E-state index < -0.39 is 6.10 Å². The molecule has 0 bridgehead atoms. The minimum Gasteiger partial charge on any atom is -0.463 e. The van der Waals surface area contributed by atoms with Gasteiger partial charge in [-0.3, -0.25) is 9.59 Å². The van der Waals surface area contributed by atoms with Crippen LogP contribution in [-0.4, -0.2) is 37.9 Å². The van der Waals surface area contributed by atoms with Gasteiger partial charge >= 0.3 is 11.9 Å². The van der Waals surface area contributed by atoms with Gasteiger partial charge in [-0.2, -0.15) is 0 Å². The summed E-state index contributed by atoms with van der Waals surface area (Å²) in [5, 5.41) is 0. The second-order valence-electron chi connectivity index (χ2n) is 19.2. The summed E-state index contributed by atoms with van der Waals surface area (Å²) in [4.78, 5) is 25.3. The molecule has 0 spiro atoms. The zero-order valence-corrected chi connectivity index (χ0v) is 43.3. The highest BCUT2D eigenvalue weighted by atomic mass is 16.6. The van der Waals surface area contributed by atoms with Gasteiger partial charge < -0.3 is 14.2 Å². The Morgan fingerprint density at radius 1 is 0.328 bits per heavy atom. The fourth-order valence-electron chi connectivity index (χ4n) is 8.34. The predicted octanol–water partition coefficient (Wildman–Crippen LogP) is 19.4. The van der Waals surface area contributed by atoms with E-state index in [0.29, 0.717) is 19.4 Å². The fourth-order valence-corrected chi connectivity index (χ4v) is 8.34. The number of unbranched alkanes of at least 4 members (excludes halogenated alkanes) is 36. The van der Waals surface area contributed by atoms with Crippen LogP contribution in [0.2, 0.25) is 0 Å². The molecular weight excluding hydrogens is 789 g/mol. The monoisotopic (exact) mass is 899 g/mol. The van der Waals surface area contributed by atoms with Crippen LogP contribution >= 0.6 is 0 Å². The molecule has 64 heavy (non-hydrogen) atoms. The molecule has 376 valence electrons. The van der Waals surface area contributed by atoms with Gasteiger partial charge in [-0.1, -0.05) is 250 Å². The molecule has 5 nitrogen and oxygen atoms in total. The maximum Gasteiger partial charge on any atom is 0.305 e. The van der Waals surface area contributed by atoms with Crippen LogP contribution in [0.4, 0.5) is 0 Å². The number of esters is 2. The van der Waals surface area contributed by atoms with Crippen molar-refractivity contribution < 1.29 is 23.8 Å². The topological polar surface area (TPSA) is 61.8 Å². The summed E-state index contributed by atoms with van der Waals surface area (Å²) in [6.45, 7) is 7.73. The maximum absolute atomic E-state index is 12.7. The molecule has 0 saturated carbocycles. The third-order valence-electron chi connectivity index (χ3n) is 12.7. The van der Waals surface area contributed by atoms with E-state index in [1.807, 2.05) is 0 Å². The molecule has 0 aromatic heterocycles. The minimum absolute atomic E-state index is 0.156. The van der Waals surface area contributed by atoms with Crippen molar-refractivity contribution >= 4 is 11.9 Å². The van der Waals surface area contributed by atoms with E-state index >= 15 is 0 Å². The first-order chi connectivity index (χ1) is 31.6. The lowest BCUT2D eigenvalue weighted by Gasteiger charge is -2.18. The van der Waals surface area contributed by atoms with Crippen molar-refractivity contribution in [1.29, 1.82) is 0 Å². The number of carbonyl (C=O) groups is 2. The Labute approximate surface area is 400 Å². The van der Waals surface area contributed by atoms with Gasteiger partial charge in [-0.15, -0.1) is 0 Å². The van der Waals surface area contributed by atoms with Gasteiger partial charge in [-0.05, 0) is 77.0 Å². The highest BCUT2D eigenvalue weighted by Gasteiger charge is 2.16. The Bertz CT molecular complexity index is 1020. The lowest BCUT2D eigenvalue weighted by Crippen LogP contribution is -2.29. The Kier molecular flexibility index (Phi) is 53.8. The third kappa shape index (κ3) is 52.7. The molecular formula is C59H110O5. The minimum atomic E-state index is -0.401. The first-order valence-electron chi connectivity index (χ1n) is 28.5. The Morgan fingerprint density at radius 3 is 0.969 bits per heavy atom. The van der Waals surface area contributed by atoms with E-state index in [-0.39, 0.29) is 25.2 Å². The maximum atomic E-state index is 12.7. The number of hydrogen-bond donors (Lipinski definition) is 0. The van der Waals surface area contributed by atoms with Gasteiger partial charge in [-0.25, -0.2) is 0 Å². The zero-order chi connectivity index (χ0) is 46.3. The van der Waals surface area contributed by atoms with Crippen LogP contribution in [0.1, 0.15) is 303 Å². The third-order valence-corrected chi connectivity index (χ3v) is 12.7. The van der Waals surface area contributed by atoms with Crippen LogP contribution in [0.25, 0.3) is 0 Å². The average molecular weight is 900 g/mol. The fraction of sp³-hybridized carbons (Fsp3) is 0.864. The summed E-state index contributed by atoms with van der Waals surface area (Å²) in [5.41, 5.74) is 0. The largest absolute Gasteiger partial charge is 0.463 e. The van der Waals surface area contributed by atoms with Crippen molar-refractivity contribution in [3.8, 4) is 0 Å². The van der Waals surface area contributed by atoms with Crippen LogP contribution in [0.3, 0.4) is 0 Å². The van der Waals surface area contributed by atoms with Gasteiger partial charge in [0.2, 0.25) is 0 Å². The Morgan fingerprint density at radius 2 is 0.594 bits per heavy atom. The van der Waals surface area contributed by atoms with E-state index in [4.69, 9.17) is 14.2 Å². The SMILES string of the molecule is CCCCC/C=C\C/C=C\CCCCCCCCCCCC(=O)OC[C@H](COC(=O)CCCCCCC/C=C\CCCCCC)OCCCCCCCCCCCCCCCCCC. The number of hydrogen-bond acceptors (Lipinski definition) is 5. The molecule has 0 aliphatic heterocycles. The molecule has 0 N–H and O–H groups in total. The molecule has 0 unspecified atom stereocenters. The van der Waals surface area contributed by atoms with Crippen LogP contribution < -0.4 is 0 Å². The summed E-state index contributed by atoms with van der Waals surface area (Å²) in [7, 11) is 0. The van der Waals surface area contributed by atoms with Gasteiger partial charge in [0.15, 0.2) is 0 Å². The molecule has 0 radical (unpaired) electrons. The standard InChI is InChI=1S/C59H110O5/c1-4-7-10-13-16-19-22-25-27-29-30-31-32-35-38-41-44-47-50-53-59(61)64-56-57(55-63-58(60)52-49-46-43-40-37-34-24-21-18-15-12-9-6-3)62-54-51-48-45-42-39-36-33-28-26-23-20-17-14-11-8-5-2/h16,19,21,24-25,27,57H,4-15,17-18,20,22-23,26,28-56H2,1-3H3/b19-16-,24-21-,27-25-/t57-/m0/s1. The molecule has 0 amide bonds. The first-order valence-corrected chi connectivity index (χ1v) is 28.5. The zero-order valence-electron chi connectivity index (χ0n) is 43.3. The number of carbonyl (C=O) groups excluding carboxylic acids is 2. The van der Waals surface area contributed by atoms with Gasteiger partial charge in [0.1, 0.15) is 19.3 Å². The smallest absolute Gasteiger partial charge is 0.305 e. The molecule has 0 aliphatic carbocycles. The molecule has 5 heteroatoms. The summed E-state index contributed by atoms with van der Waals surface area (Å²) in [5.74, 6) is -0.334. The second kappa shape index (κ2) is 55.4. The van der Waals surface area contributed by atoms with Crippen molar-refractivity contribution in [2.45, 2.75) is 309 Å². The number of allylic oxidation sites excluding steroid dienone is 6. The lowest BCUT2D eigenvalue weighted by molar-refractivity contribution is -0.155. The van der Waals surface area contributed by atoms with Crippen molar-refractivity contribution in [1.82, 2.24) is 0 Å². The van der Waals surface area contributed by atoms with E-state index in [0.717, 1.165) is 57.8 Å². The van der Waals surface area contributed by atoms with E-state index in [1.54, 1.807) is 0 Å². The molecule has 1 atom stereocenters. The molecule has 0 saturated heterocycles. The van der Waals surface area contributed by atoms with E-state index in [1.165, 1.54) is 212 Å². The first kappa shape index (κ1) is 62.1. The summed E-state index contributed by atoms with van der Waals surface area (Å²) < 4.78 is 17.5. The predicted molar refractivity (Wildman–Crippen MR) is 279 cm³/mol. The summed E-state index contributed by atoms with van der Waals surface area (Å²) in [6, 6.07) is 0. The van der Waals surface area contributed by atoms with Gasteiger partial charge in [0, 0.05) is 19.4 Å². The second-order valence-corrected chi connectivity index (χ2v) is 19.2. The van der Waals surface area contributed by atoms with Gasteiger partial charge in [0.05, 0.1) is 0 Å². The highest BCUT2D eigenvalue weighted by molar-refractivity contribution is 5.69. The number of ether oxygens (including phenoxy) is 3. The van der Waals surface area contributed by atoms with Crippen LogP contribution in [-0.2, 0) is 23.8 Å². The molecule has 0 aliphatic rings. The van der Waals surface area contributed by atoms with Crippen molar-refractivity contribution in [2.24, 2.45) is 0 Å². The molecule has 0 aromatic carbocycles. The van der Waals surface area contributed by atoms with Crippen LogP contribution in [0.5, 0.6) is 0 Å². The van der Waals surface area contributed by atoms with Crippen molar-refractivity contribution in [3.63, 3.8) is 0 Å². The molecule has 0 heterocycles. The molecule has 0 rings (SSSR count). The van der Waals surface area contributed by atoms with E-state index in [2.05, 4.69) is 57.2 Å². The quantitative estimate of drug-likeness (QED) is 0.0346. The summed E-state index contributed by atoms with van der Waals surface area (Å²) in [6.07, 6.45) is 67.5. The molecule has 0 fully saturated rings. The average Bonchev–Trinajstić information content (AvgIpc) is 3.30. The van der Waals surface area contributed by atoms with E-state index in [9.17, 15) is 9.59 Å². The lowest BCUT2D eigenvalue weighted by atomic mass is 10.0. The summed E-state index contributed by atoms with van der Waals surface area (Å²) >= 11 is 0. The Hall–Kier alpha value is -1.88. The van der Waals surface area contributed by atoms with Crippen molar-refractivity contribution in [2.75, 3.05) is 19.8 Å². The normalized spacial score (nSPS) is 12.4. The van der Waals surface area contributed by atoms with Crippen LogP contribution in [0.15, 0.2) is 36.5 Å². The van der Waals surface area contributed by atoms with Crippen molar-refractivity contribution in [3.05, 3.63) is 36.5 Å². The molecule has 0 aromatic rings. The highest BCUT2D eigenvalue weighted by Crippen LogP contribution is 2.16.